The van der Waals surface area contributed by atoms with Crippen LogP contribution in [0.25, 0.3) is 10.2 Å². The maximum absolute atomic E-state index is 13.6. The molecule has 0 saturated carbocycles. The molecule has 0 aliphatic heterocycles. The van der Waals surface area contributed by atoms with E-state index in [1.807, 2.05) is 86.6 Å². The molecule has 34 heavy (non-hydrogen) atoms. The first-order valence-corrected chi connectivity index (χ1v) is 12.5. The molecule has 0 aliphatic carbocycles. The molecule has 3 aromatic carbocycles. The molecule has 6 heteroatoms. The summed E-state index contributed by atoms with van der Waals surface area (Å²) in [5.41, 5.74) is 3.92. The van der Waals surface area contributed by atoms with Crippen LogP contribution in [-0.4, -0.2) is 49.6 Å². The van der Waals surface area contributed by atoms with Crippen LogP contribution in [-0.2, 0) is 6.42 Å². The van der Waals surface area contributed by atoms with E-state index in [0.29, 0.717) is 23.8 Å². The van der Waals surface area contributed by atoms with E-state index in [2.05, 4.69) is 17.0 Å². The highest BCUT2D eigenvalue weighted by molar-refractivity contribution is 7.22. The monoisotopic (exact) mass is 473 g/mol. The van der Waals surface area contributed by atoms with Crippen LogP contribution >= 0.6 is 11.3 Å². The van der Waals surface area contributed by atoms with Gasteiger partial charge in [-0.2, -0.15) is 0 Å². The van der Waals surface area contributed by atoms with Gasteiger partial charge < -0.3 is 9.64 Å². The summed E-state index contributed by atoms with van der Waals surface area (Å²) in [6.45, 7) is 4.04. The third kappa shape index (κ3) is 5.82. The number of ether oxygens (including phenoxy) is 1. The van der Waals surface area contributed by atoms with Gasteiger partial charge >= 0.3 is 0 Å². The van der Waals surface area contributed by atoms with E-state index in [-0.39, 0.29) is 5.91 Å². The SMILES string of the molecule is CCOc1cccc2sc(N(CCCN(C)C)C(=O)c3ccc(Cc4ccccc4)cc3)nc12. The molecule has 0 radical (unpaired) electrons. The standard InChI is InChI=1S/C28H31N3O2S/c1-4-33-24-12-8-13-25-26(24)29-28(34-25)31(19-9-18-30(2)3)27(32)23-16-14-22(15-17-23)20-21-10-6-5-7-11-21/h5-8,10-17H,4,9,18-20H2,1-3H3. The molecular weight excluding hydrogens is 442 g/mol. The molecule has 0 fully saturated rings. The van der Waals surface area contributed by atoms with Gasteiger partial charge in [-0.3, -0.25) is 9.69 Å². The number of rotatable bonds is 10. The first-order chi connectivity index (χ1) is 16.5. The van der Waals surface area contributed by atoms with Crippen molar-refractivity contribution in [3.63, 3.8) is 0 Å². The summed E-state index contributed by atoms with van der Waals surface area (Å²) >= 11 is 1.53. The van der Waals surface area contributed by atoms with Gasteiger partial charge in [0.15, 0.2) is 5.13 Å². The number of anilines is 1. The number of carbonyl (C=O) groups is 1. The fourth-order valence-electron chi connectivity index (χ4n) is 3.88. The molecule has 0 unspecified atom stereocenters. The van der Waals surface area contributed by atoms with E-state index < -0.39 is 0 Å². The Morgan fingerprint density at radius 1 is 0.912 bits per heavy atom. The number of nitrogens with zero attached hydrogens (tertiary/aromatic N) is 3. The number of benzene rings is 3. The molecule has 0 N–H and O–H groups in total. The van der Waals surface area contributed by atoms with Gasteiger partial charge in [0, 0.05) is 12.1 Å². The van der Waals surface area contributed by atoms with Crippen LogP contribution in [0.1, 0.15) is 34.8 Å². The highest BCUT2D eigenvalue weighted by atomic mass is 32.1. The Kier molecular flexibility index (Phi) is 7.93. The van der Waals surface area contributed by atoms with E-state index >= 15 is 0 Å². The summed E-state index contributed by atoms with van der Waals surface area (Å²) in [4.78, 5) is 22.4. The smallest absolute Gasteiger partial charge is 0.260 e. The molecule has 1 amide bonds. The Balaban J connectivity index is 1.59. The van der Waals surface area contributed by atoms with Crippen molar-refractivity contribution in [2.24, 2.45) is 0 Å². The molecule has 1 aromatic heterocycles. The average Bonchev–Trinajstić information content (AvgIpc) is 3.28. The summed E-state index contributed by atoms with van der Waals surface area (Å²) in [6, 6.07) is 24.2. The van der Waals surface area contributed by atoms with Crippen molar-refractivity contribution in [2.75, 3.05) is 38.7 Å². The van der Waals surface area contributed by atoms with Crippen LogP contribution in [0, 0.1) is 0 Å². The second kappa shape index (κ2) is 11.3. The Morgan fingerprint density at radius 2 is 1.65 bits per heavy atom. The highest BCUT2D eigenvalue weighted by Gasteiger charge is 2.22. The largest absolute Gasteiger partial charge is 0.492 e. The lowest BCUT2D eigenvalue weighted by atomic mass is 10.0. The Hall–Kier alpha value is -3.22. The molecule has 0 saturated heterocycles. The first-order valence-electron chi connectivity index (χ1n) is 11.7. The predicted octanol–water partition coefficient (Wildman–Crippen LogP) is 5.88. The summed E-state index contributed by atoms with van der Waals surface area (Å²) in [7, 11) is 4.09. The number of para-hydroxylation sites is 1. The molecular formula is C28H31N3O2S. The van der Waals surface area contributed by atoms with Gasteiger partial charge in [-0.25, -0.2) is 4.98 Å². The third-order valence-corrected chi connectivity index (χ3v) is 6.63. The van der Waals surface area contributed by atoms with Gasteiger partial charge in [0.1, 0.15) is 11.3 Å². The summed E-state index contributed by atoms with van der Waals surface area (Å²) in [5, 5.41) is 0.708. The molecule has 0 bridgehead atoms. The molecule has 5 nitrogen and oxygen atoms in total. The quantitative estimate of drug-likeness (QED) is 0.288. The highest BCUT2D eigenvalue weighted by Crippen LogP contribution is 2.35. The van der Waals surface area contributed by atoms with E-state index in [4.69, 9.17) is 9.72 Å². The van der Waals surface area contributed by atoms with Crippen LogP contribution in [0.5, 0.6) is 5.75 Å². The number of hydrogen-bond donors (Lipinski definition) is 0. The minimum atomic E-state index is -0.0259. The maximum Gasteiger partial charge on any atom is 0.260 e. The summed E-state index contributed by atoms with van der Waals surface area (Å²) in [6.07, 6.45) is 1.71. The van der Waals surface area contributed by atoms with Gasteiger partial charge in [-0.05, 0) is 75.8 Å². The topological polar surface area (TPSA) is 45.7 Å². The van der Waals surface area contributed by atoms with E-state index in [1.54, 1.807) is 0 Å². The first kappa shape index (κ1) is 23.9. The van der Waals surface area contributed by atoms with Gasteiger partial charge in [-0.15, -0.1) is 0 Å². The van der Waals surface area contributed by atoms with Crippen LogP contribution in [0.2, 0.25) is 0 Å². The van der Waals surface area contributed by atoms with Crippen LogP contribution < -0.4 is 9.64 Å². The zero-order valence-electron chi connectivity index (χ0n) is 20.0. The molecule has 0 spiro atoms. The van der Waals surface area contributed by atoms with Crippen molar-refractivity contribution in [3.8, 4) is 5.75 Å². The van der Waals surface area contributed by atoms with Crippen molar-refractivity contribution in [1.82, 2.24) is 9.88 Å². The van der Waals surface area contributed by atoms with Gasteiger partial charge in [-0.1, -0.05) is 59.9 Å². The van der Waals surface area contributed by atoms with Gasteiger partial charge in [0.25, 0.3) is 5.91 Å². The lowest BCUT2D eigenvalue weighted by Gasteiger charge is -2.21. The van der Waals surface area contributed by atoms with Crippen LogP contribution in [0.3, 0.4) is 0 Å². The number of fused-ring (bicyclic) bond motifs is 1. The maximum atomic E-state index is 13.6. The molecule has 1 heterocycles. The molecule has 4 rings (SSSR count). The lowest BCUT2D eigenvalue weighted by Crippen LogP contribution is -2.33. The van der Waals surface area contributed by atoms with E-state index in [0.717, 1.165) is 35.4 Å². The fourth-order valence-corrected chi connectivity index (χ4v) is 4.89. The summed E-state index contributed by atoms with van der Waals surface area (Å²) in [5.74, 6) is 0.732. The van der Waals surface area contributed by atoms with Crippen molar-refractivity contribution < 1.29 is 9.53 Å². The minimum absolute atomic E-state index is 0.0259. The van der Waals surface area contributed by atoms with Crippen LogP contribution in [0.4, 0.5) is 5.13 Å². The lowest BCUT2D eigenvalue weighted by molar-refractivity contribution is 0.0986. The second-order valence-corrected chi connectivity index (χ2v) is 9.51. The van der Waals surface area contributed by atoms with Crippen LogP contribution in [0.15, 0.2) is 72.8 Å². The number of amides is 1. The van der Waals surface area contributed by atoms with Crippen molar-refractivity contribution in [3.05, 3.63) is 89.5 Å². The average molecular weight is 474 g/mol. The molecule has 4 aromatic rings. The molecule has 0 atom stereocenters. The third-order valence-electron chi connectivity index (χ3n) is 5.59. The fraction of sp³-hybridized carbons (Fsp3) is 0.286. The Morgan fingerprint density at radius 3 is 2.35 bits per heavy atom. The Bertz CT molecular complexity index is 1220. The second-order valence-electron chi connectivity index (χ2n) is 8.51. The number of aromatic nitrogens is 1. The van der Waals surface area contributed by atoms with E-state index in [1.165, 1.54) is 22.5 Å². The number of thiazole rings is 1. The molecule has 176 valence electrons. The van der Waals surface area contributed by atoms with Gasteiger partial charge in [0.05, 0.1) is 11.3 Å². The normalized spacial score (nSPS) is 11.2. The minimum Gasteiger partial charge on any atom is -0.492 e. The molecule has 0 aliphatic rings. The summed E-state index contributed by atoms with van der Waals surface area (Å²) < 4.78 is 6.78. The number of carbonyl (C=O) groups excluding carboxylic acids is 1. The van der Waals surface area contributed by atoms with E-state index in [9.17, 15) is 4.79 Å². The Labute approximate surface area is 205 Å². The zero-order valence-corrected chi connectivity index (χ0v) is 20.8. The van der Waals surface area contributed by atoms with Crippen molar-refractivity contribution in [1.29, 1.82) is 0 Å². The van der Waals surface area contributed by atoms with Crippen molar-refractivity contribution in [2.45, 2.75) is 19.8 Å². The predicted molar refractivity (Wildman–Crippen MR) is 141 cm³/mol. The van der Waals surface area contributed by atoms with Crippen molar-refractivity contribution >= 4 is 32.6 Å². The van der Waals surface area contributed by atoms with Gasteiger partial charge in [0.2, 0.25) is 0 Å². The number of hydrogen-bond acceptors (Lipinski definition) is 5. The zero-order chi connectivity index (χ0) is 23.9.